The van der Waals surface area contributed by atoms with Crippen LogP contribution in [0.1, 0.15) is 45.4 Å². The smallest absolute Gasteiger partial charge is 0.308 e. The summed E-state index contributed by atoms with van der Waals surface area (Å²) in [5.41, 5.74) is -0.188. The molecule has 5 nitrogen and oxygen atoms in total. The minimum absolute atomic E-state index is 0.00490. The van der Waals surface area contributed by atoms with E-state index in [1.807, 2.05) is 0 Å². The van der Waals surface area contributed by atoms with Gasteiger partial charge < -0.3 is 10.1 Å². The molecule has 3 rings (SSSR count). The van der Waals surface area contributed by atoms with Crippen LogP contribution in [0.15, 0.2) is 0 Å². The van der Waals surface area contributed by atoms with Gasteiger partial charge in [-0.15, -0.1) is 0 Å². The normalized spacial score (nSPS) is 41.3. The van der Waals surface area contributed by atoms with Crippen LogP contribution in [0, 0.1) is 11.8 Å². The van der Waals surface area contributed by atoms with Gasteiger partial charge in [-0.3, -0.25) is 14.5 Å². The molecule has 5 heteroatoms. The van der Waals surface area contributed by atoms with E-state index in [1.165, 1.54) is 7.11 Å². The number of amides is 1. The van der Waals surface area contributed by atoms with Crippen molar-refractivity contribution in [2.45, 2.75) is 57.2 Å². The fourth-order valence-electron chi connectivity index (χ4n) is 4.20. The molecule has 0 unspecified atom stereocenters. The number of methoxy groups -OCH3 is 1. The first-order valence-corrected chi connectivity index (χ1v) is 7.72. The number of piperidine rings is 1. The Labute approximate surface area is 120 Å². The first-order valence-electron chi connectivity index (χ1n) is 7.72. The van der Waals surface area contributed by atoms with Crippen molar-refractivity contribution in [3.05, 3.63) is 0 Å². The minimum atomic E-state index is -0.188. The second-order valence-electron chi connectivity index (χ2n) is 6.66. The zero-order valence-corrected chi connectivity index (χ0v) is 12.4. The summed E-state index contributed by atoms with van der Waals surface area (Å²) in [4.78, 5) is 26.3. The SMILES string of the molecule is COC(=O)C1CCC2(CC1)NC(=O)[C@H]1C[C@H](C)CCN12. The lowest BCUT2D eigenvalue weighted by Crippen LogP contribution is -2.57. The Hall–Kier alpha value is -1.10. The molecule has 0 radical (unpaired) electrons. The molecule has 1 amide bonds. The molecule has 0 bridgehead atoms. The van der Waals surface area contributed by atoms with Crippen molar-refractivity contribution < 1.29 is 14.3 Å². The molecule has 3 fully saturated rings. The van der Waals surface area contributed by atoms with E-state index in [2.05, 4.69) is 17.1 Å². The summed E-state index contributed by atoms with van der Waals surface area (Å²) >= 11 is 0. The number of nitrogens with one attached hydrogen (secondary N) is 1. The number of fused-ring (bicyclic) bond motifs is 2. The number of carbonyl (C=O) groups excluding carboxylic acids is 2. The van der Waals surface area contributed by atoms with Crippen molar-refractivity contribution in [1.82, 2.24) is 10.2 Å². The predicted molar refractivity (Wildman–Crippen MR) is 73.7 cm³/mol. The predicted octanol–water partition coefficient (Wildman–Crippen LogP) is 1.28. The Morgan fingerprint density at radius 1 is 1.35 bits per heavy atom. The number of carbonyl (C=O) groups is 2. The van der Waals surface area contributed by atoms with E-state index in [9.17, 15) is 9.59 Å². The molecular weight excluding hydrogens is 256 g/mol. The highest BCUT2D eigenvalue weighted by Gasteiger charge is 2.53. The van der Waals surface area contributed by atoms with Gasteiger partial charge in [0.1, 0.15) is 0 Å². The van der Waals surface area contributed by atoms with Gasteiger partial charge in [-0.1, -0.05) is 6.92 Å². The maximum Gasteiger partial charge on any atom is 0.308 e. The molecule has 0 aromatic heterocycles. The number of hydrogen-bond donors (Lipinski definition) is 1. The van der Waals surface area contributed by atoms with Crippen LogP contribution in [0.25, 0.3) is 0 Å². The summed E-state index contributed by atoms with van der Waals surface area (Å²) in [5, 5.41) is 3.24. The Morgan fingerprint density at radius 2 is 2.05 bits per heavy atom. The third-order valence-electron chi connectivity index (χ3n) is 5.42. The van der Waals surface area contributed by atoms with Crippen LogP contribution < -0.4 is 5.32 Å². The second kappa shape index (κ2) is 5.02. The van der Waals surface area contributed by atoms with Gasteiger partial charge in [0, 0.05) is 6.54 Å². The van der Waals surface area contributed by atoms with E-state index >= 15 is 0 Å². The molecule has 112 valence electrons. The summed E-state index contributed by atoms with van der Waals surface area (Å²) < 4.78 is 4.84. The first kappa shape index (κ1) is 13.9. The van der Waals surface area contributed by atoms with Gasteiger partial charge in [-0.2, -0.15) is 0 Å². The largest absolute Gasteiger partial charge is 0.469 e. The molecule has 1 aliphatic carbocycles. The zero-order valence-electron chi connectivity index (χ0n) is 12.4. The molecule has 0 aromatic carbocycles. The molecular formula is C15H24N2O3. The summed E-state index contributed by atoms with van der Waals surface area (Å²) in [5.74, 6) is 0.718. The highest BCUT2D eigenvalue weighted by molar-refractivity contribution is 5.85. The summed E-state index contributed by atoms with van der Waals surface area (Å²) in [6, 6.07) is 0.0495. The van der Waals surface area contributed by atoms with Gasteiger partial charge in [0.05, 0.1) is 24.7 Å². The molecule has 0 aromatic rings. The Balaban J connectivity index is 1.72. The second-order valence-corrected chi connectivity index (χ2v) is 6.66. The maximum absolute atomic E-state index is 12.3. The van der Waals surface area contributed by atoms with Crippen molar-refractivity contribution in [3.63, 3.8) is 0 Å². The molecule has 1 N–H and O–H groups in total. The van der Waals surface area contributed by atoms with Gasteiger partial charge in [0.2, 0.25) is 5.91 Å². The quantitative estimate of drug-likeness (QED) is 0.735. The van der Waals surface area contributed by atoms with Crippen molar-refractivity contribution in [3.8, 4) is 0 Å². The van der Waals surface area contributed by atoms with Gasteiger partial charge in [0.25, 0.3) is 0 Å². The lowest BCUT2D eigenvalue weighted by atomic mass is 9.80. The standard InChI is InChI=1S/C15H24N2O3/c1-10-5-8-17-12(9-10)13(18)16-15(17)6-3-11(4-7-15)14(19)20-2/h10-12H,3-9H2,1-2H3,(H,16,18)/t10-,11?,12-,15?/m1/s1. The molecule has 3 aliphatic rings. The highest BCUT2D eigenvalue weighted by Crippen LogP contribution is 2.42. The van der Waals surface area contributed by atoms with E-state index < -0.39 is 0 Å². The third kappa shape index (κ3) is 2.12. The molecule has 2 aliphatic heterocycles. The molecule has 2 saturated heterocycles. The number of hydrogen-bond acceptors (Lipinski definition) is 4. The van der Waals surface area contributed by atoms with Crippen LogP contribution in [0.2, 0.25) is 0 Å². The lowest BCUT2D eigenvalue weighted by molar-refractivity contribution is -0.147. The lowest BCUT2D eigenvalue weighted by Gasteiger charge is -2.46. The van der Waals surface area contributed by atoms with Crippen molar-refractivity contribution >= 4 is 11.9 Å². The molecule has 2 heterocycles. The van der Waals surface area contributed by atoms with Gasteiger partial charge >= 0.3 is 5.97 Å². The zero-order chi connectivity index (χ0) is 14.3. The summed E-state index contributed by atoms with van der Waals surface area (Å²) in [6.45, 7) is 3.22. The maximum atomic E-state index is 12.3. The van der Waals surface area contributed by atoms with Crippen LogP contribution in [-0.2, 0) is 14.3 Å². The van der Waals surface area contributed by atoms with Gasteiger partial charge in [-0.05, 0) is 44.4 Å². The van der Waals surface area contributed by atoms with Crippen LogP contribution in [-0.4, -0.2) is 42.1 Å². The average molecular weight is 280 g/mol. The third-order valence-corrected chi connectivity index (χ3v) is 5.42. The number of ether oxygens (including phenoxy) is 1. The average Bonchev–Trinajstić information content (AvgIpc) is 2.71. The monoisotopic (exact) mass is 280 g/mol. The fourth-order valence-corrected chi connectivity index (χ4v) is 4.20. The number of esters is 1. The van der Waals surface area contributed by atoms with Crippen molar-refractivity contribution in [2.75, 3.05) is 13.7 Å². The van der Waals surface area contributed by atoms with Crippen LogP contribution in [0.3, 0.4) is 0 Å². The Bertz CT molecular complexity index is 415. The van der Waals surface area contributed by atoms with E-state index in [0.29, 0.717) is 5.92 Å². The van der Waals surface area contributed by atoms with Crippen LogP contribution >= 0.6 is 0 Å². The van der Waals surface area contributed by atoms with Crippen LogP contribution in [0.4, 0.5) is 0 Å². The first-order chi connectivity index (χ1) is 9.55. The topological polar surface area (TPSA) is 58.6 Å². The van der Waals surface area contributed by atoms with Crippen LogP contribution in [0.5, 0.6) is 0 Å². The molecule has 2 atom stereocenters. The van der Waals surface area contributed by atoms with Crippen molar-refractivity contribution in [2.24, 2.45) is 11.8 Å². The molecule has 1 spiro atoms. The van der Waals surface area contributed by atoms with Gasteiger partial charge in [0.15, 0.2) is 0 Å². The Kier molecular flexibility index (Phi) is 3.48. The number of rotatable bonds is 1. The highest BCUT2D eigenvalue weighted by atomic mass is 16.5. The minimum Gasteiger partial charge on any atom is -0.469 e. The molecule has 20 heavy (non-hydrogen) atoms. The van der Waals surface area contributed by atoms with E-state index in [-0.39, 0.29) is 29.5 Å². The van der Waals surface area contributed by atoms with E-state index in [4.69, 9.17) is 4.74 Å². The van der Waals surface area contributed by atoms with Gasteiger partial charge in [-0.25, -0.2) is 0 Å². The Morgan fingerprint density at radius 3 is 2.70 bits per heavy atom. The van der Waals surface area contributed by atoms with E-state index in [1.54, 1.807) is 0 Å². The summed E-state index contributed by atoms with van der Waals surface area (Å²) in [7, 11) is 1.45. The molecule has 1 saturated carbocycles. The van der Waals surface area contributed by atoms with Crippen molar-refractivity contribution in [1.29, 1.82) is 0 Å². The van der Waals surface area contributed by atoms with E-state index in [0.717, 1.165) is 45.1 Å². The number of nitrogens with zero attached hydrogens (tertiary/aromatic N) is 1. The summed E-state index contributed by atoms with van der Waals surface area (Å²) in [6.07, 6.45) is 5.48. The fraction of sp³-hybridized carbons (Fsp3) is 0.867.